The Balaban J connectivity index is 2.20. The zero-order valence-electron chi connectivity index (χ0n) is 14.0. The second-order valence-corrected chi connectivity index (χ2v) is 5.61. The lowest BCUT2D eigenvalue weighted by Crippen LogP contribution is -2.23. The molecule has 2 rings (SSSR count). The molecular formula is C17H17F3N4O3. The van der Waals surface area contributed by atoms with Gasteiger partial charge >= 0.3 is 0 Å². The molecule has 0 bridgehead atoms. The van der Waals surface area contributed by atoms with E-state index in [0.717, 1.165) is 18.2 Å². The highest BCUT2D eigenvalue weighted by Crippen LogP contribution is 2.28. The van der Waals surface area contributed by atoms with E-state index in [9.17, 15) is 22.8 Å². The third kappa shape index (κ3) is 5.68. The van der Waals surface area contributed by atoms with Gasteiger partial charge in [-0.05, 0) is 24.3 Å². The third-order valence-electron chi connectivity index (χ3n) is 3.56. The highest BCUT2D eigenvalue weighted by Gasteiger charge is 2.26. The van der Waals surface area contributed by atoms with Crippen LogP contribution in [0.2, 0.25) is 0 Å². The van der Waals surface area contributed by atoms with Gasteiger partial charge in [-0.2, -0.15) is 0 Å². The molecule has 1 heterocycles. The third-order valence-corrected chi connectivity index (χ3v) is 3.56. The summed E-state index contributed by atoms with van der Waals surface area (Å²) in [6.07, 6.45) is -1.74. The van der Waals surface area contributed by atoms with Gasteiger partial charge in [0.25, 0.3) is 5.91 Å². The smallest absolute Gasteiger partial charge is 0.257 e. The lowest BCUT2D eigenvalue weighted by atomic mass is 9.99. The summed E-state index contributed by atoms with van der Waals surface area (Å²) in [6, 6.07) is 5.72. The van der Waals surface area contributed by atoms with Gasteiger partial charge in [0.15, 0.2) is 0 Å². The van der Waals surface area contributed by atoms with Crippen LogP contribution < -0.4 is 16.6 Å². The second kappa shape index (κ2) is 8.99. The Hall–Kier alpha value is -3.14. The summed E-state index contributed by atoms with van der Waals surface area (Å²) in [5.74, 6) is -3.43. The summed E-state index contributed by atoms with van der Waals surface area (Å²) in [5, 5.41) is 9.47. The lowest BCUT2D eigenvalue weighted by Gasteiger charge is -2.18. The van der Waals surface area contributed by atoms with Crippen LogP contribution in [-0.4, -0.2) is 36.4 Å². The number of anilines is 1. The van der Waals surface area contributed by atoms with Gasteiger partial charge in [-0.25, -0.2) is 13.2 Å². The van der Waals surface area contributed by atoms with E-state index in [1.165, 1.54) is 18.3 Å². The van der Waals surface area contributed by atoms with Crippen molar-refractivity contribution in [3.63, 3.8) is 0 Å². The van der Waals surface area contributed by atoms with Crippen LogP contribution in [0.15, 0.2) is 41.3 Å². The molecule has 7 nitrogen and oxygen atoms in total. The quantitative estimate of drug-likeness (QED) is 0.412. The first-order valence-corrected chi connectivity index (χ1v) is 7.76. The summed E-state index contributed by atoms with van der Waals surface area (Å²) in [7, 11) is 0. The van der Waals surface area contributed by atoms with Gasteiger partial charge in [-0.15, -0.1) is 0 Å². The first-order chi connectivity index (χ1) is 12.8. The molecule has 144 valence electrons. The number of benzene rings is 1. The van der Waals surface area contributed by atoms with Crippen molar-refractivity contribution in [2.75, 3.05) is 18.5 Å². The average Bonchev–Trinajstić information content (AvgIpc) is 2.60. The van der Waals surface area contributed by atoms with Crippen molar-refractivity contribution >= 4 is 17.4 Å². The van der Waals surface area contributed by atoms with Crippen LogP contribution in [0.25, 0.3) is 0 Å². The van der Waals surface area contributed by atoms with E-state index in [1.54, 1.807) is 0 Å². The topological polar surface area (TPSA) is 121 Å². The Morgan fingerprint density at radius 2 is 2.04 bits per heavy atom. The van der Waals surface area contributed by atoms with Gasteiger partial charge in [0.2, 0.25) is 12.0 Å². The van der Waals surface area contributed by atoms with Crippen LogP contribution in [0.5, 0.6) is 0 Å². The minimum atomic E-state index is -2.93. The van der Waals surface area contributed by atoms with E-state index >= 15 is 0 Å². The number of nitrogens with two attached hydrogens (primary N) is 1. The van der Waals surface area contributed by atoms with Gasteiger partial charge in [-0.3, -0.25) is 15.0 Å². The molecule has 10 heteroatoms. The maximum absolute atomic E-state index is 14.1. The molecule has 5 N–H and O–H groups in total. The number of halogens is 3. The average molecular weight is 382 g/mol. The van der Waals surface area contributed by atoms with Gasteiger partial charge in [0.1, 0.15) is 18.3 Å². The van der Waals surface area contributed by atoms with Crippen LogP contribution in [-0.2, 0) is 4.74 Å². The molecule has 0 aliphatic carbocycles. The number of pyridine rings is 1. The molecule has 1 aromatic heterocycles. The zero-order chi connectivity index (χ0) is 20.0. The minimum Gasteiger partial charge on any atom is -0.386 e. The summed E-state index contributed by atoms with van der Waals surface area (Å²) >= 11 is 0. The Labute approximate surface area is 151 Å². The van der Waals surface area contributed by atoms with Gasteiger partial charge < -0.3 is 20.8 Å². The number of aromatic amines is 1. The van der Waals surface area contributed by atoms with Gasteiger partial charge in [-0.1, -0.05) is 0 Å². The van der Waals surface area contributed by atoms with E-state index in [2.05, 4.69) is 10.3 Å². The molecule has 1 amide bonds. The van der Waals surface area contributed by atoms with Crippen molar-refractivity contribution in [3.05, 3.63) is 63.8 Å². The van der Waals surface area contributed by atoms with Crippen LogP contribution >= 0.6 is 0 Å². The van der Waals surface area contributed by atoms with Gasteiger partial charge in [0.05, 0.1) is 18.1 Å². The maximum atomic E-state index is 14.1. The monoisotopic (exact) mass is 382 g/mol. The minimum absolute atomic E-state index is 0.0971. The molecule has 1 unspecified atom stereocenters. The number of alkyl halides is 2. The fourth-order valence-electron chi connectivity index (χ4n) is 2.25. The molecule has 0 radical (unpaired) electrons. The molecule has 1 atom stereocenters. The first kappa shape index (κ1) is 20.2. The molecule has 2 aromatic rings. The van der Waals surface area contributed by atoms with Crippen LogP contribution in [0.3, 0.4) is 0 Å². The molecule has 0 saturated heterocycles. The number of hydrogen-bond donors (Lipinski definition) is 4. The predicted octanol–water partition coefficient (Wildman–Crippen LogP) is 2.07. The standard InChI is InChI=1S/C17H17F3N4O3/c18-13-3-2-10(24-17(26)9-1-4-15(25)23-6-9)5-11(13)12(16(19)20)7-27-8-14(21)22/h1-6,12,16H,7-8H2,(H3,21,22)(H,23,25)(H,24,26). The molecule has 0 aliphatic rings. The van der Waals surface area contributed by atoms with Gasteiger partial charge in [0, 0.05) is 23.5 Å². The predicted molar refractivity (Wildman–Crippen MR) is 92.9 cm³/mol. The fraction of sp³-hybridized carbons (Fsp3) is 0.235. The fourth-order valence-corrected chi connectivity index (χ4v) is 2.25. The molecule has 27 heavy (non-hydrogen) atoms. The number of hydrogen-bond acceptors (Lipinski definition) is 4. The van der Waals surface area contributed by atoms with Crippen LogP contribution in [0.4, 0.5) is 18.9 Å². The Morgan fingerprint density at radius 1 is 1.30 bits per heavy atom. The van der Waals surface area contributed by atoms with Crippen LogP contribution in [0, 0.1) is 11.2 Å². The number of carbonyl (C=O) groups is 1. The number of carbonyl (C=O) groups excluding carboxylic acids is 1. The van der Waals surface area contributed by atoms with Crippen molar-refractivity contribution in [1.29, 1.82) is 5.41 Å². The van der Waals surface area contributed by atoms with E-state index in [4.69, 9.17) is 15.9 Å². The van der Waals surface area contributed by atoms with E-state index in [1.807, 2.05) is 0 Å². The lowest BCUT2D eigenvalue weighted by molar-refractivity contribution is 0.0541. The maximum Gasteiger partial charge on any atom is 0.257 e. The van der Waals surface area contributed by atoms with Crippen molar-refractivity contribution in [3.8, 4) is 0 Å². The molecule has 1 aromatic carbocycles. The van der Waals surface area contributed by atoms with Crippen molar-refractivity contribution < 1.29 is 22.7 Å². The Morgan fingerprint density at radius 3 is 2.63 bits per heavy atom. The molecular weight excluding hydrogens is 365 g/mol. The number of aromatic nitrogens is 1. The highest BCUT2D eigenvalue weighted by molar-refractivity contribution is 6.04. The summed E-state index contributed by atoms with van der Waals surface area (Å²) < 4.78 is 45.6. The summed E-state index contributed by atoms with van der Waals surface area (Å²) in [5.41, 5.74) is 4.60. The van der Waals surface area contributed by atoms with Crippen molar-refractivity contribution in [2.45, 2.75) is 12.3 Å². The molecule has 0 aliphatic heterocycles. The van der Waals surface area contributed by atoms with Crippen LogP contribution in [0.1, 0.15) is 21.8 Å². The number of nitrogens with one attached hydrogen (secondary N) is 3. The largest absolute Gasteiger partial charge is 0.386 e. The molecule has 0 spiro atoms. The van der Waals surface area contributed by atoms with E-state index in [0.29, 0.717) is 0 Å². The normalized spacial score (nSPS) is 12.0. The number of amides is 1. The zero-order valence-corrected chi connectivity index (χ0v) is 14.0. The number of amidine groups is 1. The molecule has 0 saturated carbocycles. The van der Waals surface area contributed by atoms with E-state index < -0.39 is 30.7 Å². The van der Waals surface area contributed by atoms with E-state index in [-0.39, 0.29) is 34.8 Å². The SMILES string of the molecule is N=C(N)COCC(c1cc(NC(=O)c2ccc(=O)[nH]c2)ccc1F)C(F)F. The number of rotatable bonds is 8. The Kier molecular flexibility index (Phi) is 6.72. The Bertz CT molecular complexity index is 865. The second-order valence-electron chi connectivity index (χ2n) is 5.61. The molecule has 0 fully saturated rings. The highest BCUT2D eigenvalue weighted by atomic mass is 19.3. The van der Waals surface area contributed by atoms with Crippen molar-refractivity contribution in [2.24, 2.45) is 5.73 Å². The number of H-pyrrole nitrogens is 1. The number of ether oxygens (including phenoxy) is 1. The van der Waals surface area contributed by atoms with Crippen molar-refractivity contribution in [1.82, 2.24) is 4.98 Å². The summed E-state index contributed by atoms with van der Waals surface area (Å²) in [6.45, 7) is -0.904. The first-order valence-electron chi connectivity index (χ1n) is 7.76. The summed E-state index contributed by atoms with van der Waals surface area (Å²) in [4.78, 5) is 25.5.